The Bertz CT molecular complexity index is 1070. The number of aromatic nitrogens is 2. The largest absolute Gasteiger partial charge is 0.489 e. The van der Waals surface area contributed by atoms with Crippen LogP contribution < -0.4 is 10.2 Å². The van der Waals surface area contributed by atoms with Gasteiger partial charge in [0.2, 0.25) is 0 Å². The number of benzene rings is 1. The van der Waals surface area contributed by atoms with E-state index in [-0.39, 0.29) is 11.0 Å². The maximum atomic E-state index is 13.7. The van der Waals surface area contributed by atoms with E-state index in [1.54, 1.807) is 17.9 Å². The summed E-state index contributed by atoms with van der Waals surface area (Å²) in [5, 5.41) is 9.96. The molecule has 0 spiro atoms. The number of hydrogen-bond donors (Lipinski definition) is 1. The van der Waals surface area contributed by atoms with Gasteiger partial charge in [-0.2, -0.15) is 18.2 Å². The van der Waals surface area contributed by atoms with Gasteiger partial charge in [-0.3, -0.25) is 14.2 Å². The first-order chi connectivity index (χ1) is 15.6. The van der Waals surface area contributed by atoms with Crippen molar-refractivity contribution in [2.45, 2.75) is 64.8 Å². The number of amides is 1. The number of carbonyl (C=O) groups excluding carboxylic acids is 1. The van der Waals surface area contributed by atoms with Crippen LogP contribution in [0.4, 0.5) is 13.2 Å². The highest BCUT2D eigenvalue weighted by Gasteiger charge is 2.37. The van der Waals surface area contributed by atoms with Crippen LogP contribution in [0.25, 0.3) is 0 Å². The molecule has 1 aromatic heterocycles. The maximum absolute atomic E-state index is 13.7. The number of methoxy groups -OCH3 is 1. The molecule has 2 aromatic rings. The van der Waals surface area contributed by atoms with Gasteiger partial charge in [0.15, 0.2) is 5.49 Å². The lowest BCUT2D eigenvalue weighted by atomic mass is 9.92. The van der Waals surface area contributed by atoms with Gasteiger partial charge in [0.05, 0.1) is 16.7 Å². The molecule has 0 saturated carbocycles. The fourth-order valence-corrected chi connectivity index (χ4v) is 3.49. The minimum absolute atomic E-state index is 0.258. The highest BCUT2D eigenvalue weighted by molar-refractivity contribution is 5.98. The molecule has 0 unspecified atom stereocenters. The zero-order chi connectivity index (χ0) is 25.9. The van der Waals surface area contributed by atoms with E-state index >= 15 is 0 Å². The van der Waals surface area contributed by atoms with Crippen molar-refractivity contribution in [1.29, 1.82) is 0 Å². The molecule has 1 aromatic carbocycles. The second-order valence-corrected chi connectivity index (χ2v) is 9.83. The topological polar surface area (TPSA) is 78.0 Å². The summed E-state index contributed by atoms with van der Waals surface area (Å²) in [5.74, 6) is -1.52. The molecule has 1 amide bonds. The first kappa shape index (κ1) is 27.7. The summed E-state index contributed by atoms with van der Waals surface area (Å²) in [4.78, 5) is 17.4. The minimum Gasteiger partial charge on any atom is -0.489 e. The van der Waals surface area contributed by atoms with Crippen LogP contribution in [0.3, 0.4) is 0 Å². The molecule has 2 rings (SSSR count). The van der Waals surface area contributed by atoms with E-state index in [0.29, 0.717) is 25.1 Å². The number of carbonyl (C=O) groups is 1. The van der Waals surface area contributed by atoms with Crippen molar-refractivity contribution in [1.82, 2.24) is 9.36 Å². The fraction of sp³-hybridized carbons (Fsp3) is 0.583. The van der Waals surface area contributed by atoms with Crippen LogP contribution in [-0.2, 0) is 29.9 Å². The van der Waals surface area contributed by atoms with E-state index in [4.69, 9.17) is 9.47 Å². The highest BCUT2D eigenvalue weighted by Crippen LogP contribution is 2.38. The quantitative estimate of drug-likeness (QED) is 0.572. The normalized spacial score (nSPS) is 13.4. The lowest BCUT2D eigenvalue weighted by molar-refractivity contribution is -0.139. The predicted molar refractivity (Wildman–Crippen MR) is 122 cm³/mol. The van der Waals surface area contributed by atoms with Gasteiger partial charge in [0.25, 0.3) is 5.91 Å². The van der Waals surface area contributed by atoms with Crippen LogP contribution in [-0.4, -0.2) is 46.3 Å². The Morgan fingerprint density at radius 2 is 1.79 bits per heavy atom. The molecule has 34 heavy (non-hydrogen) atoms. The Kier molecular flexibility index (Phi) is 8.42. The van der Waals surface area contributed by atoms with E-state index in [1.165, 1.54) is 19.9 Å². The van der Waals surface area contributed by atoms with E-state index in [0.717, 1.165) is 17.8 Å². The average Bonchev–Trinajstić information content (AvgIpc) is 3.01. The molecule has 0 radical (unpaired) electrons. The maximum Gasteiger partial charge on any atom is 0.419 e. The standard InChI is InChI=1S/C24H34F3N3O4/c1-22(2,3)18-14-19(30(29(18)6)12-9-13-33-7)28-21(31)16-10-8-11-17(24(25,26)27)20(16)34-15-23(4,5)32/h8,10-11,14,32H,9,12-13,15H2,1-7H3/b28-19+. The van der Waals surface area contributed by atoms with Crippen LogP contribution in [0.5, 0.6) is 5.75 Å². The third kappa shape index (κ3) is 6.96. The number of halogens is 3. The first-order valence-corrected chi connectivity index (χ1v) is 11.0. The molecule has 0 fully saturated rings. The number of hydrogen-bond acceptors (Lipinski definition) is 4. The summed E-state index contributed by atoms with van der Waals surface area (Å²) in [5.41, 5.74) is -1.87. The molecule has 0 aliphatic rings. The summed E-state index contributed by atoms with van der Waals surface area (Å²) in [6.07, 6.45) is -4.10. The lowest BCUT2D eigenvalue weighted by Gasteiger charge is -2.21. The van der Waals surface area contributed by atoms with Gasteiger partial charge < -0.3 is 14.6 Å². The molecule has 1 N–H and O–H groups in total. The van der Waals surface area contributed by atoms with E-state index < -0.39 is 35.6 Å². The Morgan fingerprint density at radius 3 is 2.32 bits per heavy atom. The minimum atomic E-state index is -4.75. The zero-order valence-electron chi connectivity index (χ0n) is 20.8. The number of ether oxygens (including phenoxy) is 2. The first-order valence-electron chi connectivity index (χ1n) is 11.0. The Morgan fingerprint density at radius 1 is 1.15 bits per heavy atom. The average molecular weight is 486 g/mol. The van der Waals surface area contributed by atoms with Crippen molar-refractivity contribution >= 4 is 5.91 Å². The van der Waals surface area contributed by atoms with Crippen LogP contribution in [0.15, 0.2) is 29.3 Å². The van der Waals surface area contributed by atoms with Crippen LogP contribution in [0, 0.1) is 0 Å². The molecule has 190 valence electrons. The molecule has 1 heterocycles. The predicted octanol–water partition coefficient (Wildman–Crippen LogP) is 4.07. The molecule has 0 bridgehead atoms. The Balaban J connectivity index is 2.64. The van der Waals surface area contributed by atoms with Gasteiger partial charge in [0, 0.05) is 44.5 Å². The van der Waals surface area contributed by atoms with Crippen LogP contribution in [0.1, 0.15) is 62.7 Å². The third-order valence-electron chi connectivity index (χ3n) is 5.06. The van der Waals surface area contributed by atoms with Crippen LogP contribution >= 0.6 is 0 Å². The second-order valence-electron chi connectivity index (χ2n) is 9.83. The van der Waals surface area contributed by atoms with Gasteiger partial charge in [0.1, 0.15) is 12.4 Å². The molecule has 0 aliphatic carbocycles. The second kappa shape index (κ2) is 10.4. The number of rotatable bonds is 8. The van der Waals surface area contributed by atoms with E-state index in [2.05, 4.69) is 4.99 Å². The Labute approximate surface area is 197 Å². The molecule has 0 aliphatic heterocycles. The molecule has 10 heteroatoms. The third-order valence-corrected chi connectivity index (χ3v) is 5.06. The van der Waals surface area contributed by atoms with Crippen molar-refractivity contribution in [3.63, 3.8) is 0 Å². The van der Waals surface area contributed by atoms with Crippen molar-refractivity contribution in [3.8, 4) is 5.75 Å². The monoisotopic (exact) mass is 485 g/mol. The molecular formula is C24H34F3N3O4. The summed E-state index contributed by atoms with van der Waals surface area (Å²) in [7, 11) is 3.44. The van der Waals surface area contributed by atoms with Gasteiger partial charge in [-0.1, -0.05) is 26.8 Å². The fourth-order valence-electron chi connectivity index (χ4n) is 3.49. The summed E-state index contributed by atoms with van der Waals surface area (Å²) < 4.78 is 55.1. The summed E-state index contributed by atoms with van der Waals surface area (Å²) in [6.45, 7) is 9.41. The number of aliphatic hydroxyl groups is 1. The SMILES string of the molecule is COCCCn1/c(=N/C(=O)c2cccc(C(F)(F)F)c2OCC(C)(C)O)cc(C(C)(C)C)n1C. The highest BCUT2D eigenvalue weighted by atomic mass is 19.4. The lowest BCUT2D eigenvalue weighted by Crippen LogP contribution is -2.29. The van der Waals surface area contributed by atoms with E-state index in [1.807, 2.05) is 32.5 Å². The van der Waals surface area contributed by atoms with Gasteiger partial charge >= 0.3 is 6.18 Å². The molecule has 0 atom stereocenters. The van der Waals surface area contributed by atoms with E-state index in [9.17, 15) is 23.1 Å². The van der Waals surface area contributed by atoms with Crippen molar-refractivity contribution in [2.24, 2.45) is 12.0 Å². The number of nitrogens with zero attached hydrogens (tertiary/aromatic N) is 3. The van der Waals surface area contributed by atoms with Gasteiger partial charge in [-0.25, -0.2) is 0 Å². The molecule has 7 nitrogen and oxygen atoms in total. The number of alkyl halides is 3. The molecular weight excluding hydrogens is 451 g/mol. The Hall–Kier alpha value is -2.59. The summed E-state index contributed by atoms with van der Waals surface area (Å²) in [6, 6.07) is 4.97. The zero-order valence-corrected chi connectivity index (χ0v) is 20.8. The van der Waals surface area contributed by atoms with Crippen LogP contribution in [0.2, 0.25) is 0 Å². The molecule has 0 saturated heterocycles. The smallest absolute Gasteiger partial charge is 0.419 e. The van der Waals surface area contributed by atoms with Crippen molar-refractivity contribution < 1.29 is 32.5 Å². The van der Waals surface area contributed by atoms with Crippen molar-refractivity contribution in [3.05, 3.63) is 46.6 Å². The summed E-state index contributed by atoms with van der Waals surface area (Å²) >= 11 is 0. The van der Waals surface area contributed by atoms with Gasteiger partial charge in [-0.05, 0) is 32.4 Å². The van der Waals surface area contributed by atoms with Gasteiger partial charge in [-0.15, -0.1) is 0 Å². The van der Waals surface area contributed by atoms with Crippen molar-refractivity contribution in [2.75, 3.05) is 20.3 Å². The number of para-hydroxylation sites is 1.